The fourth-order valence-electron chi connectivity index (χ4n) is 2.17. The molecule has 3 aromatic rings. The number of rotatable bonds is 1. The second-order valence-electron chi connectivity index (χ2n) is 4.60. The Morgan fingerprint density at radius 1 is 1.10 bits per heavy atom. The molecule has 3 rings (SSSR count). The molecule has 2 aromatic heterocycles. The number of nitrogens with zero attached hydrogens (tertiary/aromatic N) is 3. The molecule has 0 aliphatic rings. The summed E-state index contributed by atoms with van der Waals surface area (Å²) in [6.07, 6.45) is 0. The van der Waals surface area contributed by atoms with Crippen molar-refractivity contribution in [2.45, 2.75) is 20.8 Å². The molecule has 1 aromatic carbocycles. The lowest BCUT2D eigenvalue weighted by Crippen LogP contribution is -1.94. The third kappa shape index (κ3) is 2.34. The molecule has 0 N–H and O–H groups in total. The van der Waals surface area contributed by atoms with E-state index in [2.05, 4.69) is 30.9 Å². The van der Waals surface area contributed by atoms with Crippen molar-refractivity contribution in [3.63, 3.8) is 0 Å². The zero-order chi connectivity index (χ0) is 14.4. The van der Waals surface area contributed by atoms with Crippen molar-refractivity contribution in [3.8, 4) is 10.7 Å². The smallest absolute Gasteiger partial charge is 0.173 e. The molecule has 0 saturated carbocycles. The quantitative estimate of drug-likeness (QED) is 0.561. The van der Waals surface area contributed by atoms with Crippen LogP contribution in [0, 0.1) is 20.8 Å². The van der Waals surface area contributed by atoms with Gasteiger partial charge in [0.05, 0.1) is 21.1 Å². The van der Waals surface area contributed by atoms with Crippen LogP contribution < -0.4 is 0 Å². The van der Waals surface area contributed by atoms with Gasteiger partial charge in [-0.25, -0.2) is 15.0 Å². The van der Waals surface area contributed by atoms with Gasteiger partial charge >= 0.3 is 0 Å². The molecule has 2 heterocycles. The van der Waals surface area contributed by atoms with Gasteiger partial charge in [0.2, 0.25) is 0 Å². The van der Waals surface area contributed by atoms with Crippen LogP contribution in [0.3, 0.4) is 0 Å². The van der Waals surface area contributed by atoms with Crippen LogP contribution in [0.4, 0.5) is 0 Å². The first kappa shape index (κ1) is 13.9. The minimum absolute atomic E-state index is 0.472. The molecular formula is C14H11BrClN3S. The third-order valence-corrected chi connectivity index (χ3v) is 4.83. The van der Waals surface area contributed by atoms with Gasteiger partial charge in [-0.1, -0.05) is 27.5 Å². The SMILES string of the molecule is Cc1nc(C)c(-c2nc(Cl)c3cc(Br)cc(C)c3n2)s1. The maximum atomic E-state index is 6.33. The highest BCUT2D eigenvalue weighted by Crippen LogP contribution is 2.32. The van der Waals surface area contributed by atoms with Crippen molar-refractivity contribution < 1.29 is 0 Å². The molecule has 6 heteroatoms. The predicted molar refractivity (Wildman–Crippen MR) is 87.6 cm³/mol. The second-order valence-corrected chi connectivity index (χ2v) is 7.08. The maximum absolute atomic E-state index is 6.33. The van der Waals surface area contributed by atoms with E-state index < -0.39 is 0 Å². The van der Waals surface area contributed by atoms with Crippen LogP contribution in [0.5, 0.6) is 0 Å². The van der Waals surface area contributed by atoms with E-state index in [4.69, 9.17) is 11.6 Å². The van der Waals surface area contributed by atoms with Gasteiger partial charge in [0, 0.05) is 9.86 Å². The third-order valence-electron chi connectivity index (χ3n) is 3.02. The highest BCUT2D eigenvalue weighted by Gasteiger charge is 2.14. The first-order chi connectivity index (χ1) is 9.45. The number of fused-ring (bicyclic) bond motifs is 1. The Labute approximate surface area is 134 Å². The summed E-state index contributed by atoms with van der Waals surface area (Å²) in [5, 5.41) is 2.34. The van der Waals surface area contributed by atoms with Crippen LogP contribution >= 0.6 is 38.9 Å². The fourth-order valence-corrected chi connectivity index (χ4v) is 3.82. The molecule has 3 nitrogen and oxygen atoms in total. The largest absolute Gasteiger partial charge is 0.246 e. The Kier molecular flexibility index (Phi) is 3.52. The molecule has 0 amide bonds. The van der Waals surface area contributed by atoms with Crippen molar-refractivity contribution in [1.82, 2.24) is 15.0 Å². The van der Waals surface area contributed by atoms with Gasteiger partial charge in [-0.2, -0.15) is 0 Å². The van der Waals surface area contributed by atoms with Crippen molar-refractivity contribution in [2.75, 3.05) is 0 Å². The van der Waals surface area contributed by atoms with Crippen molar-refractivity contribution in [2.24, 2.45) is 0 Å². The van der Waals surface area contributed by atoms with E-state index in [1.807, 2.05) is 32.9 Å². The average Bonchev–Trinajstić information content (AvgIpc) is 2.69. The summed E-state index contributed by atoms with van der Waals surface area (Å²) < 4.78 is 0.977. The summed E-state index contributed by atoms with van der Waals surface area (Å²) in [7, 11) is 0. The number of thiazole rings is 1. The van der Waals surface area contributed by atoms with E-state index in [0.29, 0.717) is 11.0 Å². The molecule has 0 radical (unpaired) electrons. The summed E-state index contributed by atoms with van der Waals surface area (Å²) in [4.78, 5) is 14.5. The standard InChI is InChI=1S/C14H11BrClN3S/c1-6-4-9(15)5-10-11(6)18-14(19-13(10)16)12-7(2)17-8(3)20-12/h4-5H,1-3H3. The lowest BCUT2D eigenvalue weighted by Gasteiger charge is -2.06. The molecule has 0 aliphatic carbocycles. The van der Waals surface area contributed by atoms with E-state index in [1.54, 1.807) is 11.3 Å². The topological polar surface area (TPSA) is 38.7 Å². The van der Waals surface area contributed by atoms with Gasteiger partial charge in [-0.05, 0) is 38.5 Å². The normalized spacial score (nSPS) is 11.2. The Hall–Kier alpha value is -1.04. The molecule has 0 spiro atoms. The van der Waals surface area contributed by atoms with Crippen LogP contribution in [0.1, 0.15) is 16.3 Å². The van der Waals surface area contributed by atoms with Gasteiger partial charge < -0.3 is 0 Å². The van der Waals surface area contributed by atoms with Gasteiger partial charge in [0.1, 0.15) is 5.15 Å². The molecule has 0 unspecified atom stereocenters. The summed E-state index contributed by atoms with van der Waals surface area (Å²) in [6, 6.07) is 3.97. The van der Waals surface area contributed by atoms with Crippen LogP contribution in [0.25, 0.3) is 21.6 Å². The van der Waals surface area contributed by atoms with Crippen LogP contribution in [-0.2, 0) is 0 Å². The Morgan fingerprint density at radius 2 is 1.85 bits per heavy atom. The number of benzene rings is 1. The molecule has 102 valence electrons. The van der Waals surface area contributed by atoms with E-state index in [9.17, 15) is 0 Å². The zero-order valence-electron chi connectivity index (χ0n) is 11.2. The van der Waals surface area contributed by atoms with Crippen LogP contribution in [-0.4, -0.2) is 15.0 Å². The first-order valence-electron chi connectivity index (χ1n) is 6.03. The summed E-state index contributed by atoms with van der Waals surface area (Å²) in [6.45, 7) is 5.96. The summed E-state index contributed by atoms with van der Waals surface area (Å²) in [5.74, 6) is 0.649. The predicted octanol–water partition coefficient (Wildman–Crippen LogP) is 5.09. The lowest BCUT2D eigenvalue weighted by molar-refractivity contribution is 1.17. The fraction of sp³-hybridized carbons (Fsp3) is 0.214. The van der Waals surface area contributed by atoms with E-state index in [0.717, 1.165) is 36.5 Å². The molecule has 0 fully saturated rings. The number of hydrogen-bond acceptors (Lipinski definition) is 4. The Balaban J connectivity index is 2.32. The molecule has 0 aliphatic heterocycles. The highest BCUT2D eigenvalue weighted by molar-refractivity contribution is 9.10. The highest BCUT2D eigenvalue weighted by atomic mass is 79.9. The van der Waals surface area contributed by atoms with Crippen molar-refractivity contribution >= 4 is 49.8 Å². The van der Waals surface area contributed by atoms with E-state index >= 15 is 0 Å². The number of hydrogen-bond donors (Lipinski definition) is 0. The van der Waals surface area contributed by atoms with Crippen molar-refractivity contribution in [1.29, 1.82) is 0 Å². The molecule has 0 bridgehead atoms. The summed E-state index contributed by atoms with van der Waals surface area (Å²) >= 11 is 11.4. The first-order valence-corrected chi connectivity index (χ1v) is 8.02. The zero-order valence-corrected chi connectivity index (χ0v) is 14.3. The van der Waals surface area contributed by atoms with Gasteiger partial charge in [-0.15, -0.1) is 11.3 Å². The van der Waals surface area contributed by atoms with Crippen LogP contribution in [0.15, 0.2) is 16.6 Å². The van der Waals surface area contributed by atoms with Crippen LogP contribution in [0.2, 0.25) is 5.15 Å². The van der Waals surface area contributed by atoms with Gasteiger partial charge in [0.25, 0.3) is 0 Å². The van der Waals surface area contributed by atoms with E-state index in [-0.39, 0.29) is 0 Å². The maximum Gasteiger partial charge on any atom is 0.173 e. The Bertz CT molecular complexity index is 829. The molecular weight excluding hydrogens is 358 g/mol. The van der Waals surface area contributed by atoms with Crippen molar-refractivity contribution in [3.05, 3.63) is 38.0 Å². The average molecular weight is 369 g/mol. The second kappa shape index (κ2) is 5.06. The monoisotopic (exact) mass is 367 g/mol. The number of aromatic nitrogens is 3. The minimum Gasteiger partial charge on any atom is -0.246 e. The van der Waals surface area contributed by atoms with E-state index in [1.165, 1.54) is 0 Å². The molecule has 20 heavy (non-hydrogen) atoms. The number of aryl methyl sites for hydroxylation is 3. The molecule has 0 saturated heterocycles. The molecule has 0 atom stereocenters. The number of halogens is 2. The summed E-state index contributed by atoms with van der Waals surface area (Å²) in [5.41, 5.74) is 2.89. The minimum atomic E-state index is 0.472. The lowest BCUT2D eigenvalue weighted by atomic mass is 10.1. The van der Waals surface area contributed by atoms with Gasteiger partial charge in [-0.3, -0.25) is 0 Å². The van der Waals surface area contributed by atoms with Gasteiger partial charge in [0.15, 0.2) is 5.82 Å². The Morgan fingerprint density at radius 3 is 2.50 bits per heavy atom.